The number of carbonyl (C=O) groups excluding carboxylic acids is 1. The lowest BCUT2D eigenvalue weighted by atomic mass is 10.1. The zero-order chi connectivity index (χ0) is 12.1. The van der Waals surface area contributed by atoms with Crippen LogP contribution in [0.15, 0.2) is 48.7 Å². The lowest BCUT2D eigenvalue weighted by Gasteiger charge is -2.04. The summed E-state index contributed by atoms with van der Waals surface area (Å²) in [6.45, 7) is 0. The van der Waals surface area contributed by atoms with E-state index in [1.165, 1.54) is 6.20 Å². The minimum Gasteiger partial charge on any atom is -0.384 e. The summed E-state index contributed by atoms with van der Waals surface area (Å²) in [7, 11) is 0. The Hall–Kier alpha value is -2.36. The fourth-order valence-electron chi connectivity index (χ4n) is 1.47. The molecule has 2 aromatic rings. The SMILES string of the molecule is Nc1ccc(NC(=O)Cc2ccccc2)cn1. The largest absolute Gasteiger partial charge is 0.384 e. The fraction of sp³-hybridized carbons (Fsp3) is 0.0769. The van der Waals surface area contributed by atoms with Crippen LogP contribution in [0.4, 0.5) is 11.5 Å². The number of nitrogens with zero attached hydrogens (tertiary/aromatic N) is 1. The Morgan fingerprint density at radius 1 is 1.18 bits per heavy atom. The first-order valence-electron chi connectivity index (χ1n) is 5.29. The molecule has 0 saturated carbocycles. The molecule has 1 aromatic carbocycles. The molecule has 1 amide bonds. The van der Waals surface area contributed by atoms with Crippen LogP contribution in [0.25, 0.3) is 0 Å². The molecule has 4 heteroatoms. The minimum absolute atomic E-state index is 0.0669. The number of nitrogens with one attached hydrogen (secondary N) is 1. The molecule has 0 aliphatic heterocycles. The molecule has 2 rings (SSSR count). The molecular weight excluding hydrogens is 214 g/mol. The molecule has 0 spiro atoms. The topological polar surface area (TPSA) is 68.0 Å². The average molecular weight is 227 g/mol. The van der Waals surface area contributed by atoms with Gasteiger partial charge in [0.05, 0.1) is 18.3 Å². The van der Waals surface area contributed by atoms with Crippen molar-refractivity contribution in [3.05, 3.63) is 54.2 Å². The first-order valence-corrected chi connectivity index (χ1v) is 5.29. The van der Waals surface area contributed by atoms with Gasteiger partial charge >= 0.3 is 0 Å². The Kier molecular flexibility index (Phi) is 3.35. The van der Waals surface area contributed by atoms with Gasteiger partial charge in [0, 0.05) is 0 Å². The van der Waals surface area contributed by atoms with E-state index in [1.807, 2.05) is 30.3 Å². The van der Waals surface area contributed by atoms with Crippen molar-refractivity contribution in [3.63, 3.8) is 0 Å². The molecule has 0 bridgehead atoms. The lowest BCUT2D eigenvalue weighted by Crippen LogP contribution is -2.14. The Morgan fingerprint density at radius 3 is 2.59 bits per heavy atom. The van der Waals surface area contributed by atoms with Crippen molar-refractivity contribution in [2.24, 2.45) is 0 Å². The molecule has 0 unspecified atom stereocenters. The molecule has 3 N–H and O–H groups in total. The molecule has 1 heterocycles. The molecular formula is C13H13N3O. The van der Waals surface area contributed by atoms with Gasteiger partial charge in [-0.2, -0.15) is 0 Å². The summed E-state index contributed by atoms with van der Waals surface area (Å²) in [6, 6.07) is 13.0. The molecule has 0 radical (unpaired) electrons. The number of hydrogen-bond donors (Lipinski definition) is 2. The first-order chi connectivity index (χ1) is 8.24. The van der Waals surface area contributed by atoms with Gasteiger partial charge in [-0.15, -0.1) is 0 Å². The summed E-state index contributed by atoms with van der Waals surface area (Å²) in [5, 5.41) is 2.76. The molecule has 0 saturated heterocycles. The highest BCUT2D eigenvalue weighted by Gasteiger charge is 2.03. The van der Waals surface area contributed by atoms with Crippen molar-refractivity contribution in [1.29, 1.82) is 0 Å². The van der Waals surface area contributed by atoms with Gasteiger partial charge in [-0.3, -0.25) is 4.79 Å². The Morgan fingerprint density at radius 2 is 1.94 bits per heavy atom. The molecule has 86 valence electrons. The number of amides is 1. The molecule has 1 aromatic heterocycles. The van der Waals surface area contributed by atoms with Crippen LogP contribution in [0.1, 0.15) is 5.56 Å². The van der Waals surface area contributed by atoms with Crippen LogP contribution in [0.2, 0.25) is 0 Å². The van der Waals surface area contributed by atoms with Crippen LogP contribution >= 0.6 is 0 Å². The average Bonchev–Trinajstić information content (AvgIpc) is 2.33. The first kappa shape index (κ1) is 11.1. The van der Waals surface area contributed by atoms with Gasteiger partial charge in [0.25, 0.3) is 0 Å². The molecule has 0 fully saturated rings. The van der Waals surface area contributed by atoms with Crippen LogP contribution in [0, 0.1) is 0 Å². The zero-order valence-electron chi connectivity index (χ0n) is 9.26. The van der Waals surface area contributed by atoms with E-state index < -0.39 is 0 Å². The summed E-state index contributed by atoms with van der Waals surface area (Å²) in [5.41, 5.74) is 7.09. The van der Waals surface area contributed by atoms with E-state index in [2.05, 4.69) is 10.3 Å². The van der Waals surface area contributed by atoms with Gasteiger partial charge in [-0.05, 0) is 17.7 Å². The van der Waals surface area contributed by atoms with Gasteiger partial charge in [0.2, 0.25) is 5.91 Å². The Labute approximate surface area is 99.5 Å². The lowest BCUT2D eigenvalue weighted by molar-refractivity contribution is -0.115. The van der Waals surface area contributed by atoms with Gasteiger partial charge in [0.1, 0.15) is 5.82 Å². The maximum atomic E-state index is 11.7. The van der Waals surface area contributed by atoms with E-state index in [-0.39, 0.29) is 5.91 Å². The summed E-state index contributed by atoms with van der Waals surface area (Å²) in [6.07, 6.45) is 1.89. The van der Waals surface area contributed by atoms with Crippen LogP contribution in [-0.4, -0.2) is 10.9 Å². The van der Waals surface area contributed by atoms with Crippen molar-refractivity contribution >= 4 is 17.4 Å². The van der Waals surface area contributed by atoms with Crippen molar-refractivity contribution in [1.82, 2.24) is 4.98 Å². The number of anilines is 2. The van der Waals surface area contributed by atoms with E-state index in [4.69, 9.17) is 5.73 Å². The van der Waals surface area contributed by atoms with Crippen molar-refractivity contribution in [2.45, 2.75) is 6.42 Å². The summed E-state index contributed by atoms with van der Waals surface area (Å²) < 4.78 is 0. The fourth-order valence-corrected chi connectivity index (χ4v) is 1.47. The highest BCUT2D eigenvalue weighted by atomic mass is 16.1. The second kappa shape index (κ2) is 5.12. The number of rotatable bonds is 3. The molecule has 4 nitrogen and oxygen atoms in total. The van der Waals surface area contributed by atoms with Crippen molar-refractivity contribution in [3.8, 4) is 0 Å². The molecule has 0 aliphatic carbocycles. The van der Waals surface area contributed by atoms with E-state index >= 15 is 0 Å². The van der Waals surface area contributed by atoms with Gasteiger partial charge in [0.15, 0.2) is 0 Å². The summed E-state index contributed by atoms with van der Waals surface area (Å²) in [5.74, 6) is 0.369. The van der Waals surface area contributed by atoms with E-state index in [9.17, 15) is 4.79 Å². The van der Waals surface area contributed by atoms with E-state index in [1.54, 1.807) is 12.1 Å². The number of carbonyl (C=O) groups is 1. The summed E-state index contributed by atoms with van der Waals surface area (Å²) >= 11 is 0. The standard InChI is InChI=1S/C13H13N3O/c14-12-7-6-11(9-15-12)16-13(17)8-10-4-2-1-3-5-10/h1-7,9H,8H2,(H2,14,15)(H,16,17). The third kappa shape index (κ3) is 3.31. The van der Waals surface area contributed by atoms with Crippen molar-refractivity contribution < 1.29 is 4.79 Å². The van der Waals surface area contributed by atoms with Gasteiger partial charge in [-0.1, -0.05) is 30.3 Å². The quantitative estimate of drug-likeness (QED) is 0.840. The van der Waals surface area contributed by atoms with Gasteiger partial charge < -0.3 is 11.1 Å². The number of benzene rings is 1. The zero-order valence-corrected chi connectivity index (χ0v) is 9.26. The number of aromatic nitrogens is 1. The third-order valence-corrected chi connectivity index (χ3v) is 2.28. The number of pyridine rings is 1. The van der Waals surface area contributed by atoms with Crippen LogP contribution in [0.3, 0.4) is 0 Å². The second-order valence-electron chi connectivity index (χ2n) is 3.68. The maximum absolute atomic E-state index is 11.7. The van der Waals surface area contributed by atoms with Crippen LogP contribution < -0.4 is 11.1 Å². The second-order valence-corrected chi connectivity index (χ2v) is 3.68. The van der Waals surface area contributed by atoms with Gasteiger partial charge in [-0.25, -0.2) is 4.98 Å². The maximum Gasteiger partial charge on any atom is 0.228 e. The van der Waals surface area contributed by atoms with Crippen molar-refractivity contribution in [2.75, 3.05) is 11.1 Å². The number of nitrogen functional groups attached to an aromatic ring is 1. The highest BCUT2D eigenvalue weighted by Crippen LogP contribution is 2.08. The monoisotopic (exact) mass is 227 g/mol. The van der Waals surface area contributed by atoms with Crippen LogP contribution in [0.5, 0.6) is 0 Å². The predicted octanol–water partition coefficient (Wildman–Crippen LogP) is 1.84. The number of nitrogens with two attached hydrogens (primary N) is 1. The van der Waals surface area contributed by atoms with Crippen LogP contribution in [-0.2, 0) is 11.2 Å². The molecule has 0 aliphatic rings. The van der Waals surface area contributed by atoms with E-state index in [0.29, 0.717) is 17.9 Å². The normalized spacial score (nSPS) is 9.88. The smallest absolute Gasteiger partial charge is 0.228 e. The Bertz CT molecular complexity index is 494. The Balaban J connectivity index is 1.96. The minimum atomic E-state index is -0.0669. The third-order valence-electron chi connectivity index (χ3n) is 2.28. The predicted molar refractivity (Wildman–Crippen MR) is 67.4 cm³/mol. The van der Waals surface area contributed by atoms with E-state index in [0.717, 1.165) is 5.56 Å². The highest BCUT2D eigenvalue weighted by molar-refractivity contribution is 5.92. The number of hydrogen-bond acceptors (Lipinski definition) is 3. The molecule has 17 heavy (non-hydrogen) atoms. The molecule has 0 atom stereocenters. The summed E-state index contributed by atoms with van der Waals surface area (Å²) in [4.78, 5) is 15.6.